The fourth-order valence-corrected chi connectivity index (χ4v) is 2.18. The van der Waals surface area contributed by atoms with Gasteiger partial charge in [-0.25, -0.2) is 0 Å². The van der Waals surface area contributed by atoms with E-state index in [0.29, 0.717) is 17.4 Å². The second-order valence-electron chi connectivity index (χ2n) is 4.48. The highest BCUT2D eigenvalue weighted by molar-refractivity contribution is 6.32. The number of hydrogen-bond acceptors (Lipinski definition) is 3. The molecule has 0 aliphatic carbocycles. The third-order valence-electron chi connectivity index (χ3n) is 2.81. The van der Waals surface area contributed by atoms with E-state index in [4.69, 9.17) is 21.1 Å². The summed E-state index contributed by atoms with van der Waals surface area (Å²) in [5.74, 6) is 1.41. The summed E-state index contributed by atoms with van der Waals surface area (Å²) in [4.78, 5) is 0. The zero-order valence-electron chi connectivity index (χ0n) is 11.7. The van der Waals surface area contributed by atoms with Gasteiger partial charge in [0, 0.05) is 13.7 Å². The molecule has 106 valence electrons. The summed E-state index contributed by atoms with van der Waals surface area (Å²) in [6.07, 6.45) is 0. The smallest absolute Gasteiger partial charge is 0.146 e. The van der Waals surface area contributed by atoms with Gasteiger partial charge in [-0.1, -0.05) is 29.8 Å². The Bertz CT molecular complexity index is 572. The fraction of sp³-hybridized carbons (Fsp3) is 0.250. The molecule has 0 radical (unpaired) electrons. The van der Waals surface area contributed by atoms with Crippen LogP contribution in [0.25, 0.3) is 0 Å². The quantitative estimate of drug-likeness (QED) is 0.873. The second-order valence-corrected chi connectivity index (χ2v) is 4.88. The van der Waals surface area contributed by atoms with E-state index in [0.717, 1.165) is 23.4 Å². The number of methoxy groups -OCH3 is 1. The number of hydrogen-bond donors (Lipinski definition) is 1. The van der Waals surface area contributed by atoms with Crippen molar-refractivity contribution in [3.05, 3.63) is 58.6 Å². The SMILES string of the molecule is CNCc1ccc(Oc2cccc(COC)c2)c(Cl)c1. The van der Waals surface area contributed by atoms with E-state index >= 15 is 0 Å². The molecule has 0 saturated heterocycles. The molecule has 2 aromatic rings. The molecule has 1 N–H and O–H groups in total. The van der Waals surface area contributed by atoms with E-state index in [2.05, 4.69) is 5.32 Å². The van der Waals surface area contributed by atoms with E-state index in [1.807, 2.05) is 49.5 Å². The topological polar surface area (TPSA) is 30.5 Å². The summed E-state index contributed by atoms with van der Waals surface area (Å²) < 4.78 is 10.9. The predicted octanol–water partition coefficient (Wildman–Crippen LogP) is 4.00. The van der Waals surface area contributed by atoms with Crippen LogP contribution < -0.4 is 10.1 Å². The molecule has 4 heteroatoms. The van der Waals surface area contributed by atoms with Gasteiger partial charge < -0.3 is 14.8 Å². The predicted molar refractivity (Wildman–Crippen MR) is 81.4 cm³/mol. The van der Waals surface area contributed by atoms with Crippen LogP contribution in [0, 0.1) is 0 Å². The van der Waals surface area contributed by atoms with Crippen LogP contribution in [-0.2, 0) is 17.9 Å². The monoisotopic (exact) mass is 291 g/mol. The Morgan fingerprint density at radius 2 is 1.95 bits per heavy atom. The highest BCUT2D eigenvalue weighted by Crippen LogP contribution is 2.30. The molecule has 0 bridgehead atoms. The first-order valence-corrected chi connectivity index (χ1v) is 6.79. The lowest BCUT2D eigenvalue weighted by Crippen LogP contribution is -2.04. The second kappa shape index (κ2) is 7.29. The molecule has 0 fully saturated rings. The van der Waals surface area contributed by atoms with Crippen LogP contribution in [0.1, 0.15) is 11.1 Å². The van der Waals surface area contributed by atoms with E-state index in [9.17, 15) is 0 Å². The van der Waals surface area contributed by atoms with E-state index in [1.165, 1.54) is 0 Å². The number of benzene rings is 2. The summed E-state index contributed by atoms with van der Waals surface area (Å²) in [6, 6.07) is 13.6. The molecule has 0 aromatic heterocycles. The molecule has 0 saturated carbocycles. The molecular formula is C16H18ClNO2. The fourth-order valence-electron chi connectivity index (χ4n) is 1.93. The molecular weight excluding hydrogens is 274 g/mol. The average molecular weight is 292 g/mol. The molecule has 2 aromatic carbocycles. The van der Waals surface area contributed by atoms with Gasteiger partial charge in [0.1, 0.15) is 11.5 Å². The number of ether oxygens (including phenoxy) is 2. The van der Waals surface area contributed by atoms with Crippen molar-refractivity contribution in [2.45, 2.75) is 13.2 Å². The Kier molecular flexibility index (Phi) is 5.41. The Morgan fingerprint density at radius 1 is 1.10 bits per heavy atom. The Morgan fingerprint density at radius 3 is 2.65 bits per heavy atom. The van der Waals surface area contributed by atoms with Crippen molar-refractivity contribution in [2.24, 2.45) is 0 Å². The minimum Gasteiger partial charge on any atom is -0.456 e. The average Bonchev–Trinajstić information content (AvgIpc) is 2.43. The van der Waals surface area contributed by atoms with Gasteiger partial charge in [0.2, 0.25) is 0 Å². The number of halogens is 1. The van der Waals surface area contributed by atoms with Crippen molar-refractivity contribution < 1.29 is 9.47 Å². The van der Waals surface area contributed by atoms with Gasteiger partial charge in [-0.2, -0.15) is 0 Å². The summed E-state index contributed by atoms with van der Waals surface area (Å²) in [5.41, 5.74) is 2.19. The van der Waals surface area contributed by atoms with Crippen molar-refractivity contribution in [3.63, 3.8) is 0 Å². The van der Waals surface area contributed by atoms with Crippen molar-refractivity contribution in [1.82, 2.24) is 5.32 Å². The van der Waals surface area contributed by atoms with Gasteiger partial charge in [0.25, 0.3) is 0 Å². The summed E-state index contributed by atoms with van der Waals surface area (Å²) in [7, 11) is 3.57. The molecule has 2 rings (SSSR count). The first kappa shape index (κ1) is 14.9. The minimum absolute atomic E-state index is 0.562. The van der Waals surface area contributed by atoms with Gasteiger partial charge in [0.15, 0.2) is 0 Å². The van der Waals surface area contributed by atoms with Crippen molar-refractivity contribution in [2.75, 3.05) is 14.2 Å². The molecule has 0 unspecified atom stereocenters. The van der Waals surface area contributed by atoms with Gasteiger partial charge in [0.05, 0.1) is 11.6 Å². The van der Waals surface area contributed by atoms with Crippen LogP contribution >= 0.6 is 11.6 Å². The molecule has 0 aliphatic rings. The van der Waals surface area contributed by atoms with Crippen LogP contribution in [-0.4, -0.2) is 14.2 Å². The van der Waals surface area contributed by atoms with Crippen molar-refractivity contribution >= 4 is 11.6 Å². The zero-order chi connectivity index (χ0) is 14.4. The third-order valence-corrected chi connectivity index (χ3v) is 3.11. The lowest BCUT2D eigenvalue weighted by molar-refractivity contribution is 0.184. The van der Waals surface area contributed by atoms with Gasteiger partial charge >= 0.3 is 0 Å². The summed E-state index contributed by atoms with van der Waals surface area (Å²) in [6.45, 7) is 1.34. The minimum atomic E-state index is 0.562. The van der Waals surface area contributed by atoms with Crippen LogP contribution in [0.3, 0.4) is 0 Å². The molecule has 3 nitrogen and oxygen atoms in total. The lowest BCUT2D eigenvalue weighted by atomic mass is 10.2. The van der Waals surface area contributed by atoms with E-state index < -0.39 is 0 Å². The maximum Gasteiger partial charge on any atom is 0.146 e. The van der Waals surface area contributed by atoms with Crippen LogP contribution in [0.2, 0.25) is 5.02 Å². The van der Waals surface area contributed by atoms with Crippen LogP contribution in [0.5, 0.6) is 11.5 Å². The standard InChI is InChI=1S/C16H18ClNO2/c1-18-10-12-6-7-16(15(17)9-12)20-14-5-3-4-13(8-14)11-19-2/h3-9,18H,10-11H2,1-2H3. The highest BCUT2D eigenvalue weighted by atomic mass is 35.5. The Hall–Kier alpha value is -1.55. The Labute approximate surface area is 124 Å². The van der Waals surface area contributed by atoms with Crippen LogP contribution in [0.15, 0.2) is 42.5 Å². The largest absolute Gasteiger partial charge is 0.456 e. The van der Waals surface area contributed by atoms with Crippen LogP contribution in [0.4, 0.5) is 0 Å². The number of nitrogens with one attached hydrogen (secondary N) is 1. The molecule has 0 aliphatic heterocycles. The van der Waals surface area contributed by atoms with Gasteiger partial charge in [-0.3, -0.25) is 0 Å². The first-order valence-electron chi connectivity index (χ1n) is 6.41. The maximum atomic E-state index is 6.24. The lowest BCUT2D eigenvalue weighted by Gasteiger charge is -2.10. The molecule has 0 amide bonds. The normalized spacial score (nSPS) is 10.6. The summed E-state index contributed by atoms with van der Waals surface area (Å²) >= 11 is 6.24. The first-order chi connectivity index (χ1) is 9.72. The maximum absolute atomic E-state index is 6.24. The van der Waals surface area contributed by atoms with Crippen molar-refractivity contribution in [1.29, 1.82) is 0 Å². The number of rotatable bonds is 6. The zero-order valence-corrected chi connectivity index (χ0v) is 12.4. The molecule has 0 atom stereocenters. The van der Waals surface area contributed by atoms with Gasteiger partial charge in [-0.15, -0.1) is 0 Å². The molecule has 0 heterocycles. The van der Waals surface area contributed by atoms with E-state index in [-0.39, 0.29) is 0 Å². The third kappa shape index (κ3) is 3.97. The van der Waals surface area contributed by atoms with Crippen molar-refractivity contribution in [3.8, 4) is 11.5 Å². The molecule has 0 spiro atoms. The highest BCUT2D eigenvalue weighted by Gasteiger charge is 2.05. The molecule has 20 heavy (non-hydrogen) atoms. The van der Waals surface area contributed by atoms with Gasteiger partial charge in [-0.05, 0) is 42.4 Å². The Balaban J connectivity index is 2.15. The van der Waals surface area contributed by atoms with E-state index in [1.54, 1.807) is 7.11 Å². The summed E-state index contributed by atoms with van der Waals surface area (Å²) in [5, 5.41) is 3.69.